The molecule has 216 valence electrons. The number of carboxylic acids is 1. The van der Waals surface area contributed by atoms with E-state index in [1.54, 1.807) is 6.07 Å². The zero-order chi connectivity index (χ0) is 29.4. The molecule has 2 aromatic carbocycles. The van der Waals surface area contributed by atoms with Gasteiger partial charge in [0.15, 0.2) is 5.69 Å². The minimum absolute atomic E-state index is 0.00786. The van der Waals surface area contributed by atoms with E-state index in [1.165, 1.54) is 41.7 Å². The maximum atomic E-state index is 14.9. The van der Waals surface area contributed by atoms with Crippen molar-refractivity contribution in [2.45, 2.75) is 56.4 Å². The van der Waals surface area contributed by atoms with Gasteiger partial charge in [0.1, 0.15) is 15.7 Å². The third-order valence-corrected chi connectivity index (χ3v) is 9.74. The van der Waals surface area contributed by atoms with E-state index in [1.807, 2.05) is 30.3 Å². The van der Waals surface area contributed by atoms with Gasteiger partial charge in [-0.3, -0.25) is 0 Å². The molecule has 0 saturated heterocycles. The summed E-state index contributed by atoms with van der Waals surface area (Å²) in [7, 11) is -4.19. The van der Waals surface area contributed by atoms with Gasteiger partial charge in [-0.05, 0) is 79.5 Å². The topological polar surface area (TPSA) is 115 Å². The number of benzene rings is 2. The Morgan fingerprint density at radius 2 is 1.90 bits per heavy atom. The number of rotatable bonds is 8. The smallest absolute Gasteiger partial charge is 0.355 e. The van der Waals surface area contributed by atoms with Gasteiger partial charge in [-0.15, -0.1) is 11.3 Å². The van der Waals surface area contributed by atoms with E-state index < -0.39 is 26.7 Å². The second-order valence-corrected chi connectivity index (χ2v) is 13.5. The van der Waals surface area contributed by atoms with Crippen LogP contribution < -0.4 is 5.14 Å². The van der Waals surface area contributed by atoms with Gasteiger partial charge < -0.3 is 9.67 Å². The van der Waals surface area contributed by atoms with Crippen molar-refractivity contribution in [3.05, 3.63) is 82.2 Å². The van der Waals surface area contributed by atoms with Crippen LogP contribution in [0.5, 0.6) is 0 Å². The number of aromatic carboxylic acids is 1. The fourth-order valence-corrected chi connectivity index (χ4v) is 6.99. The highest BCUT2D eigenvalue weighted by Crippen LogP contribution is 2.41. The molecular weight excluding hydrogens is 574 g/mol. The van der Waals surface area contributed by atoms with Crippen LogP contribution in [0.25, 0.3) is 21.8 Å². The number of nitrogens with zero attached hydrogens (tertiary/aromatic N) is 2. The number of carboxylic acid groups (broad SMARTS) is 1. The summed E-state index contributed by atoms with van der Waals surface area (Å²) in [5.74, 6) is 5.71. The minimum Gasteiger partial charge on any atom is -0.476 e. The maximum Gasteiger partial charge on any atom is 0.355 e. The molecule has 42 heavy (non-hydrogen) atoms. The molecule has 0 radical (unpaired) electrons. The highest BCUT2D eigenvalue weighted by atomic mass is 32.2. The van der Waals surface area contributed by atoms with E-state index >= 15 is 0 Å². The van der Waals surface area contributed by atoms with Gasteiger partial charge in [0.25, 0.3) is 0 Å². The average Bonchev–Trinajstić information content (AvgIpc) is 3.30. The van der Waals surface area contributed by atoms with Crippen LogP contribution in [0.3, 0.4) is 0 Å². The van der Waals surface area contributed by atoms with Crippen molar-refractivity contribution in [3.63, 3.8) is 0 Å². The third kappa shape index (κ3) is 6.19. The van der Waals surface area contributed by atoms with Gasteiger partial charge in [-0.25, -0.2) is 27.7 Å². The highest BCUT2D eigenvalue weighted by Gasteiger charge is 2.28. The van der Waals surface area contributed by atoms with Crippen LogP contribution >= 0.6 is 11.3 Å². The molecule has 7 nitrogen and oxygen atoms in total. The van der Waals surface area contributed by atoms with Crippen molar-refractivity contribution < 1.29 is 22.7 Å². The highest BCUT2D eigenvalue weighted by molar-refractivity contribution is 7.89. The maximum absolute atomic E-state index is 14.9. The lowest BCUT2D eigenvalue weighted by molar-refractivity contribution is 0.0691. The SMILES string of the molecule is NS(=O)(=O)c1ccc(Cn2c(-c3cccc(C#CC4CCCC4)c3)cc(-c3nc(C(=O)O)cs3)c2CC2CC2)cc1F. The average molecular weight is 604 g/mol. The van der Waals surface area contributed by atoms with Crippen molar-refractivity contribution in [2.24, 2.45) is 17.0 Å². The van der Waals surface area contributed by atoms with Gasteiger partial charge >= 0.3 is 5.97 Å². The predicted molar refractivity (Wildman–Crippen MR) is 160 cm³/mol. The third-order valence-electron chi connectivity index (χ3n) is 7.92. The summed E-state index contributed by atoms with van der Waals surface area (Å²) >= 11 is 1.28. The number of hydrogen-bond donors (Lipinski definition) is 2. The lowest BCUT2D eigenvalue weighted by atomic mass is 10.1. The molecule has 0 unspecified atom stereocenters. The van der Waals surface area contributed by atoms with Crippen LogP contribution in [0.15, 0.2) is 58.8 Å². The first kappa shape index (κ1) is 28.3. The standard InChI is InChI=1S/C32H30FN3O4S2/c33-26-15-23(12-13-30(26)42(34,39)40)18-36-28(24-7-3-6-21(14-24)9-8-20-4-1-2-5-20)17-25(29(36)16-22-10-11-22)31-35-27(19-41-31)32(37)38/h3,6-7,12-15,17,19-20,22H,1-2,4-5,10-11,16,18H2,(H,37,38)(H2,34,39,40). The molecule has 2 aliphatic rings. The Hall–Kier alpha value is -3.78. The number of hydrogen-bond acceptors (Lipinski definition) is 5. The largest absolute Gasteiger partial charge is 0.476 e. The van der Waals surface area contributed by atoms with E-state index in [2.05, 4.69) is 21.4 Å². The molecule has 2 aromatic heterocycles. The van der Waals surface area contributed by atoms with Gasteiger partial charge in [-0.2, -0.15) is 0 Å². The fraction of sp³-hybridized carbons (Fsp3) is 0.312. The number of primary sulfonamides is 1. The van der Waals surface area contributed by atoms with Crippen molar-refractivity contribution in [2.75, 3.05) is 0 Å². The molecule has 2 aliphatic carbocycles. The summed E-state index contributed by atoms with van der Waals surface area (Å²) in [5, 5.41) is 16.8. The Morgan fingerprint density at radius 3 is 2.57 bits per heavy atom. The molecular formula is C32H30FN3O4S2. The van der Waals surface area contributed by atoms with E-state index in [0.29, 0.717) is 22.4 Å². The predicted octanol–water partition coefficient (Wildman–Crippen LogP) is 6.31. The molecule has 2 heterocycles. The molecule has 3 N–H and O–H groups in total. The zero-order valence-corrected chi connectivity index (χ0v) is 24.5. The van der Waals surface area contributed by atoms with Gasteiger partial charge in [0, 0.05) is 40.4 Å². The van der Waals surface area contributed by atoms with Gasteiger partial charge in [0.05, 0.1) is 0 Å². The second-order valence-electron chi connectivity index (χ2n) is 11.1. The van der Waals surface area contributed by atoms with E-state index in [-0.39, 0.29) is 12.2 Å². The molecule has 0 atom stereocenters. The lowest BCUT2D eigenvalue weighted by Gasteiger charge is -2.16. The molecule has 4 aromatic rings. The van der Waals surface area contributed by atoms with Crippen LogP contribution in [0.4, 0.5) is 4.39 Å². The summed E-state index contributed by atoms with van der Waals surface area (Å²) in [6, 6.07) is 14.0. The number of thiazole rings is 1. The second kappa shape index (κ2) is 11.5. The normalized spacial score (nSPS) is 15.5. The van der Waals surface area contributed by atoms with Crippen molar-refractivity contribution in [1.29, 1.82) is 0 Å². The van der Waals surface area contributed by atoms with E-state index in [9.17, 15) is 22.7 Å². The number of nitrogens with two attached hydrogens (primary N) is 1. The number of aromatic nitrogens is 2. The minimum atomic E-state index is -4.19. The van der Waals surface area contributed by atoms with Crippen LogP contribution in [-0.4, -0.2) is 29.0 Å². The molecule has 0 spiro atoms. The Bertz CT molecular complexity index is 1840. The Morgan fingerprint density at radius 1 is 1.12 bits per heavy atom. The van der Waals surface area contributed by atoms with Crippen LogP contribution in [0.1, 0.15) is 65.8 Å². The number of halogens is 1. The molecule has 2 saturated carbocycles. The molecule has 6 rings (SSSR count). The Labute approximate surface area is 248 Å². The van der Waals surface area contributed by atoms with E-state index in [0.717, 1.165) is 60.2 Å². The molecule has 10 heteroatoms. The van der Waals surface area contributed by atoms with Crippen molar-refractivity contribution >= 4 is 27.3 Å². The number of carbonyl (C=O) groups is 1. The summed E-state index contributed by atoms with van der Waals surface area (Å²) in [6.07, 6.45) is 7.67. The van der Waals surface area contributed by atoms with Gasteiger partial charge in [-0.1, -0.05) is 42.9 Å². The molecule has 0 amide bonds. The molecule has 0 bridgehead atoms. The first-order valence-corrected chi connectivity index (χ1v) is 16.4. The van der Waals surface area contributed by atoms with Crippen LogP contribution in [0.2, 0.25) is 0 Å². The monoisotopic (exact) mass is 603 g/mol. The first-order valence-electron chi connectivity index (χ1n) is 14.0. The quantitative estimate of drug-likeness (QED) is 0.229. The van der Waals surface area contributed by atoms with Gasteiger partial charge in [0.2, 0.25) is 10.0 Å². The fourth-order valence-electron chi connectivity index (χ4n) is 5.57. The molecule has 2 fully saturated rings. The van der Waals surface area contributed by atoms with Crippen LogP contribution in [0, 0.1) is 29.5 Å². The van der Waals surface area contributed by atoms with Crippen molar-refractivity contribution in [1.82, 2.24) is 9.55 Å². The zero-order valence-electron chi connectivity index (χ0n) is 22.8. The first-order chi connectivity index (χ1) is 20.2. The Kier molecular flexibility index (Phi) is 7.75. The van der Waals surface area contributed by atoms with Crippen LogP contribution in [-0.2, 0) is 23.0 Å². The number of sulfonamides is 1. The summed E-state index contributed by atoms with van der Waals surface area (Å²) in [6.45, 7) is 0.272. The summed E-state index contributed by atoms with van der Waals surface area (Å²) < 4.78 is 40.6. The van der Waals surface area contributed by atoms with Crippen molar-refractivity contribution in [3.8, 4) is 33.7 Å². The van der Waals surface area contributed by atoms with E-state index in [4.69, 9.17) is 5.14 Å². The summed E-state index contributed by atoms with van der Waals surface area (Å²) in [4.78, 5) is 15.5. The molecule has 0 aliphatic heterocycles. The summed E-state index contributed by atoms with van der Waals surface area (Å²) in [5.41, 5.74) is 5.09. The Balaban J connectivity index is 1.48. The lowest BCUT2D eigenvalue weighted by Crippen LogP contribution is -2.14.